The summed E-state index contributed by atoms with van der Waals surface area (Å²) in [5.74, 6) is -3.02. The number of thioether (sulfide) groups is 1. The Balaban J connectivity index is 1.37. The zero-order chi connectivity index (χ0) is 29.1. The van der Waals surface area contributed by atoms with Gasteiger partial charge in [0.25, 0.3) is 0 Å². The molecule has 1 N–H and O–H groups in total. The number of fused-ring (bicyclic) bond motifs is 2. The van der Waals surface area contributed by atoms with Crippen molar-refractivity contribution in [1.29, 1.82) is 0 Å². The van der Waals surface area contributed by atoms with Gasteiger partial charge in [-0.15, -0.1) is 11.3 Å². The van der Waals surface area contributed by atoms with E-state index in [4.69, 9.17) is 0 Å². The lowest BCUT2D eigenvalue weighted by molar-refractivity contribution is -0.137. The van der Waals surface area contributed by atoms with Crippen molar-refractivity contribution < 1.29 is 27.6 Å². The van der Waals surface area contributed by atoms with Gasteiger partial charge >= 0.3 is 11.0 Å². The fraction of sp³-hybridized carbons (Fsp3) is 0.185. The third-order valence-electron chi connectivity index (χ3n) is 6.79. The summed E-state index contributed by atoms with van der Waals surface area (Å²) in [6, 6.07) is 15.0. The monoisotopic (exact) mass is 679 g/mol. The van der Waals surface area contributed by atoms with Crippen LogP contribution in [0.25, 0.3) is 0 Å². The van der Waals surface area contributed by atoms with Crippen molar-refractivity contribution in [2.75, 3.05) is 10.2 Å². The lowest BCUT2D eigenvalue weighted by atomic mass is 9.87. The Hall–Kier alpha value is -3.20. The number of nitrogens with one attached hydrogen (secondary N) is 1. The highest BCUT2D eigenvalue weighted by molar-refractivity contribution is 9.10. The fourth-order valence-electron chi connectivity index (χ4n) is 5.05. The van der Waals surface area contributed by atoms with Crippen molar-refractivity contribution in [3.63, 3.8) is 0 Å². The molecule has 3 amide bonds. The van der Waals surface area contributed by atoms with Crippen molar-refractivity contribution in [2.45, 2.75) is 28.9 Å². The predicted molar refractivity (Wildman–Crippen MR) is 155 cm³/mol. The zero-order valence-electron chi connectivity index (χ0n) is 20.6. The van der Waals surface area contributed by atoms with Crippen LogP contribution in [0, 0.1) is 5.92 Å². The summed E-state index contributed by atoms with van der Waals surface area (Å²) >= 11 is 6.66. The van der Waals surface area contributed by atoms with E-state index >= 15 is 0 Å². The summed E-state index contributed by atoms with van der Waals surface area (Å²) in [6.45, 7) is -0.559. The lowest BCUT2D eigenvalue weighted by Crippen LogP contribution is -2.32. The highest BCUT2D eigenvalue weighted by Crippen LogP contribution is 2.54. The average molecular weight is 681 g/mol. The summed E-state index contributed by atoms with van der Waals surface area (Å²) in [5.41, 5.74) is -1.01. The highest BCUT2D eigenvalue weighted by Gasteiger charge is 2.57. The Kier molecular flexibility index (Phi) is 7.20. The first-order valence-corrected chi connectivity index (χ1v) is 15.4. The van der Waals surface area contributed by atoms with Crippen molar-refractivity contribution >= 4 is 79.5 Å². The molecule has 0 radical (unpaired) electrons. The minimum atomic E-state index is -4.68. The first kappa shape index (κ1) is 27.9. The summed E-state index contributed by atoms with van der Waals surface area (Å²) in [4.78, 5) is 55.6. The molecule has 2 aromatic heterocycles. The van der Waals surface area contributed by atoms with Crippen LogP contribution in [-0.4, -0.2) is 27.5 Å². The molecule has 4 aromatic rings. The molecule has 0 saturated carbocycles. The minimum absolute atomic E-state index is 0.359. The second-order valence-electron chi connectivity index (χ2n) is 9.26. The van der Waals surface area contributed by atoms with E-state index in [0.717, 1.165) is 49.5 Å². The number of benzene rings is 2. The van der Waals surface area contributed by atoms with Crippen LogP contribution in [0.3, 0.4) is 0 Å². The summed E-state index contributed by atoms with van der Waals surface area (Å²) in [7, 11) is 0. The number of thiophene rings is 1. The topological polar surface area (TPSA) is 88.5 Å². The quantitative estimate of drug-likeness (QED) is 0.254. The number of amides is 3. The largest absolute Gasteiger partial charge is 0.418 e. The molecule has 4 heterocycles. The van der Waals surface area contributed by atoms with Gasteiger partial charge in [0.2, 0.25) is 17.7 Å². The van der Waals surface area contributed by atoms with Crippen LogP contribution >= 0.6 is 50.4 Å². The maximum atomic E-state index is 13.8. The maximum Gasteiger partial charge on any atom is 0.418 e. The standard InChI is InChI=1S/C27H17BrF3N3O4S3/c28-13-7-9-14(10-8-13)34-23(36)20-19(17-6-3-11-39-17)22-25(40-21(20)24(34)37)33(26(38)41-22)12-18(35)32-16-5-2-1-4-15(16)27(29,30)31/h1-11,19-21H,12H2,(H,32,35)/t19-,20?,21?/m1/s1. The number of hydrogen-bond acceptors (Lipinski definition) is 7. The van der Waals surface area contributed by atoms with Crippen molar-refractivity contribution in [3.05, 3.63) is 95.5 Å². The molecule has 2 aromatic carbocycles. The van der Waals surface area contributed by atoms with Gasteiger partial charge in [-0.2, -0.15) is 13.2 Å². The van der Waals surface area contributed by atoms with E-state index in [-0.39, 0.29) is 5.91 Å². The predicted octanol–water partition coefficient (Wildman–Crippen LogP) is 6.19. The van der Waals surface area contributed by atoms with Gasteiger partial charge in [0, 0.05) is 20.1 Å². The van der Waals surface area contributed by atoms with Crippen molar-refractivity contribution in [1.82, 2.24) is 4.57 Å². The van der Waals surface area contributed by atoms with Crippen LogP contribution in [0.5, 0.6) is 0 Å². The fourth-order valence-corrected chi connectivity index (χ4v) is 9.03. The van der Waals surface area contributed by atoms with Crippen LogP contribution in [0.4, 0.5) is 24.5 Å². The summed E-state index contributed by atoms with van der Waals surface area (Å²) in [5, 5.41) is 3.61. The van der Waals surface area contributed by atoms with Gasteiger partial charge < -0.3 is 5.32 Å². The van der Waals surface area contributed by atoms with Crippen LogP contribution < -0.4 is 15.1 Å². The number of alkyl halides is 3. The molecular weight excluding hydrogens is 663 g/mol. The van der Waals surface area contributed by atoms with E-state index in [0.29, 0.717) is 15.6 Å². The maximum absolute atomic E-state index is 13.8. The van der Waals surface area contributed by atoms with Gasteiger partial charge in [0.05, 0.1) is 27.9 Å². The second kappa shape index (κ2) is 10.6. The smallest absolute Gasteiger partial charge is 0.324 e. The van der Waals surface area contributed by atoms with Crippen LogP contribution in [-0.2, 0) is 27.1 Å². The van der Waals surface area contributed by atoms with E-state index in [1.807, 2.05) is 17.5 Å². The zero-order valence-corrected chi connectivity index (χ0v) is 24.6. The van der Waals surface area contributed by atoms with Crippen molar-refractivity contribution in [3.8, 4) is 0 Å². The van der Waals surface area contributed by atoms with E-state index < -0.39 is 57.7 Å². The molecule has 41 heavy (non-hydrogen) atoms. The van der Waals surface area contributed by atoms with E-state index in [2.05, 4.69) is 21.2 Å². The van der Waals surface area contributed by atoms with Gasteiger partial charge in [0.15, 0.2) is 0 Å². The Labute approximate surface area is 251 Å². The molecular formula is C27H17BrF3N3O4S3. The molecule has 0 spiro atoms. The number of carbonyl (C=O) groups is 3. The molecule has 1 fully saturated rings. The van der Waals surface area contributed by atoms with E-state index in [1.165, 1.54) is 28.0 Å². The number of rotatable bonds is 5. The van der Waals surface area contributed by atoms with Crippen molar-refractivity contribution in [2.24, 2.45) is 5.92 Å². The summed E-state index contributed by atoms with van der Waals surface area (Å²) < 4.78 is 42.3. The minimum Gasteiger partial charge on any atom is -0.324 e. The Bertz CT molecular complexity index is 1730. The van der Waals surface area contributed by atoms with Gasteiger partial charge in [0.1, 0.15) is 11.8 Å². The number of para-hydroxylation sites is 1. The lowest BCUT2D eigenvalue weighted by Gasteiger charge is -2.29. The Morgan fingerprint density at radius 2 is 1.71 bits per heavy atom. The number of hydrogen-bond donors (Lipinski definition) is 1. The SMILES string of the molecule is O=C(Cn1c2c(sc1=O)[C@H](c1cccs1)C1C(=O)N(c3ccc(Br)cc3)C(=O)C1S2)Nc1ccccc1C(F)(F)F. The first-order chi connectivity index (χ1) is 19.5. The molecule has 14 heteroatoms. The molecule has 0 aliphatic carbocycles. The molecule has 1 saturated heterocycles. The molecule has 3 atom stereocenters. The molecule has 6 rings (SSSR count). The van der Waals surface area contributed by atoms with Crippen LogP contribution in [0.2, 0.25) is 0 Å². The van der Waals surface area contributed by atoms with Crippen LogP contribution in [0.1, 0.15) is 21.2 Å². The normalized spacial score (nSPS) is 20.2. The van der Waals surface area contributed by atoms with Gasteiger partial charge in [-0.25, -0.2) is 4.90 Å². The number of thiazole rings is 1. The second-order valence-corrected chi connectivity index (χ2v) is 13.3. The third kappa shape index (κ3) is 4.96. The van der Waals surface area contributed by atoms with Crippen LogP contribution in [0.15, 0.2) is 80.3 Å². The number of nitrogens with zero attached hydrogens (tertiary/aromatic N) is 2. The van der Waals surface area contributed by atoms with E-state index in [9.17, 15) is 32.3 Å². The molecule has 2 aliphatic heterocycles. The van der Waals surface area contributed by atoms with Gasteiger partial charge in [-0.3, -0.25) is 23.7 Å². The number of halogens is 4. The van der Waals surface area contributed by atoms with E-state index in [1.54, 1.807) is 24.3 Å². The number of aromatic nitrogens is 1. The molecule has 0 bridgehead atoms. The first-order valence-electron chi connectivity index (χ1n) is 12.1. The number of anilines is 2. The number of imide groups is 1. The van der Waals surface area contributed by atoms with Gasteiger partial charge in [-0.05, 0) is 47.8 Å². The van der Waals surface area contributed by atoms with Gasteiger partial charge in [-0.1, -0.05) is 57.2 Å². The Morgan fingerprint density at radius 3 is 2.39 bits per heavy atom. The Morgan fingerprint density at radius 1 is 0.976 bits per heavy atom. The molecule has 210 valence electrons. The highest BCUT2D eigenvalue weighted by atomic mass is 79.9. The molecule has 2 aliphatic rings. The molecule has 2 unspecified atom stereocenters. The average Bonchev–Trinajstić information content (AvgIpc) is 3.62. The molecule has 7 nitrogen and oxygen atoms in total. The third-order valence-corrected chi connectivity index (χ3v) is 10.9. The summed E-state index contributed by atoms with van der Waals surface area (Å²) in [6.07, 6.45) is -4.68. The number of carbonyl (C=O) groups excluding carboxylic acids is 3.